The van der Waals surface area contributed by atoms with Gasteiger partial charge in [-0.3, -0.25) is 10.1 Å². The van der Waals surface area contributed by atoms with E-state index in [9.17, 15) is 4.39 Å². The quantitative estimate of drug-likeness (QED) is 0.218. The van der Waals surface area contributed by atoms with Gasteiger partial charge in [0.2, 0.25) is 0 Å². The summed E-state index contributed by atoms with van der Waals surface area (Å²) in [6, 6.07) is 12.4. The van der Waals surface area contributed by atoms with Crippen LogP contribution < -0.4 is 0 Å². The lowest BCUT2D eigenvalue weighted by molar-refractivity contribution is 0.542. The molecule has 2 aromatic carbocycles. The topological polar surface area (TPSA) is 97.3 Å². The number of aromatic amines is 2. The van der Waals surface area contributed by atoms with Gasteiger partial charge in [0.15, 0.2) is 5.82 Å². The number of benzene rings is 2. The Kier molecular flexibility index (Phi) is 5.70. The minimum atomic E-state index is -0.288. The highest BCUT2D eigenvalue weighted by Gasteiger charge is 2.16. The van der Waals surface area contributed by atoms with Gasteiger partial charge < -0.3 is 15.3 Å². The molecule has 0 saturated heterocycles. The SMILES string of the molecule is C/C=C(\C=C(/C=N)N(C)C)c1ccc2[nH]nc(-c3nc4c(-c5ccc(F)cc5)cncc4[nH]3)c2c1. The third-order valence-corrected chi connectivity index (χ3v) is 5.95. The van der Waals surface area contributed by atoms with Crippen LogP contribution in [0, 0.1) is 11.2 Å². The standard InChI is InChI=1S/C27H24FN7/c1-4-16(11-20(13-29)35(2)3)18-7-10-23-21(12-18)26(34-33-23)27-31-24-15-30-14-22(25(24)32-27)17-5-8-19(28)9-6-17/h4-15,29H,1-3H3,(H,31,32)(H,33,34)/b16-4+,20-11+,29-13?. The molecule has 3 aromatic heterocycles. The van der Waals surface area contributed by atoms with Crippen LogP contribution in [0.5, 0.6) is 0 Å². The number of aromatic nitrogens is 5. The Morgan fingerprint density at radius 2 is 1.86 bits per heavy atom. The maximum atomic E-state index is 13.4. The number of nitrogens with zero attached hydrogens (tertiary/aromatic N) is 4. The van der Waals surface area contributed by atoms with Crippen molar-refractivity contribution in [2.75, 3.05) is 14.1 Å². The van der Waals surface area contributed by atoms with Crippen LogP contribution in [0.15, 0.2) is 72.7 Å². The van der Waals surface area contributed by atoms with Gasteiger partial charge in [-0.05, 0) is 54.0 Å². The molecule has 0 aliphatic rings. The summed E-state index contributed by atoms with van der Waals surface area (Å²) in [5.41, 5.74) is 7.55. The second-order valence-corrected chi connectivity index (χ2v) is 8.36. The molecular formula is C27H24FN7. The molecule has 0 radical (unpaired) electrons. The van der Waals surface area contributed by atoms with Crippen LogP contribution in [-0.4, -0.2) is 50.4 Å². The highest BCUT2D eigenvalue weighted by Crippen LogP contribution is 2.32. The number of hydrogen-bond donors (Lipinski definition) is 3. The van der Waals surface area contributed by atoms with Gasteiger partial charge in [-0.2, -0.15) is 5.10 Å². The first kappa shape index (κ1) is 22.2. The Morgan fingerprint density at radius 1 is 1.06 bits per heavy atom. The van der Waals surface area contributed by atoms with Crippen LogP contribution in [-0.2, 0) is 0 Å². The Bertz CT molecular complexity index is 1600. The molecule has 0 unspecified atom stereocenters. The zero-order valence-corrected chi connectivity index (χ0v) is 19.6. The third kappa shape index (κ3) is 4.10. The van der Waals surface area contributed by atoms with E-state index in [1.54, 1.807) is 24.5 Å². The molecule has 0 spiro atoms. The molecule has 7 nitrogen and oxygen atoms in total. The second-order valence-electron chi connectivity index (χ2n) is 8.36. The minimum absolute atomic E-state index is 0.288. The van der Waals surface area contributed by atoms with E-state index in [2.05, 4.69) is 26.2 Å². The Morgan fingerprint density at radius 3 is 2.57 bits per heavy atom. The normalized spacial score (nSPS) is 12.5. The van der Waals surface area contributed by atoms with Gasteiger partial charge in [0.05, 0.1) is 28.4 Å². The van der Waals surface area contributed by atoms with Crippen LogP contribution in [0.25, 0.3) is 50.2 Å². The number of halogens is 1. The minimum Gasteiger partial charge on any atom is -0.376 e. The average Bonchev–Trinajstić information content (AvgIpc) is 3.48. The molecule has 0 bridgehead atoms. The van der Waals surface area contributed by atoms with Crippen LogP contribution in [0.3, 0.4) is 0 Å². The fourth-order valence-corrected chi connectivity index (χ4v) is 4.05. The number of nitrogens with one attached hydrogen (secondary N) is 3. The molecule has 174 valence electrons. The first-order valence-electron chi connectivity index (χ1n) is 11.1. The van der Waals surface area contributed by atoms with E-state index in [-0.39, 0.29) is 5.82 Å². The maximum Gasteiger partial charge on any atom is 0.159 e. The van der Waals surface area contributed by atoms with Crippen LogP contribution >= 0.6 is 0 Å². The zero-order chi connectivity index (χ0) is 24.5. The molecular weight excluding hydrogens is 441 g/mol. The van der Waals surface area contributed by atoms with E-state index in [4.69, 9.17) is 10.4 Å². The molecule has 0 fully saturated rings. The number of pyridine rings is 1. The summed E-state index contributed by atoms with van der Waals surface area (Å²) < 4.78 is 13.4. The number of hydrogen-bond acceptors (Lipinski definition) is 5. The zero-order valence-electron chi connectivity index (χ0n) is 19.6. The Labute approximate surface area is 201 Å². The third-order valence-electron chi connectivity index (χ3n) is 5.95. The number of rotatable bonds is 6. The largest absolute Gasteiger partial charge is 0.376 e. The van der Waals surface area contributed by atoms with Gasteiger partial charge in [-0.1, -0.05) is 24.3 Å². The Balaban J connectivity index is 1.61. The molecule has 3 N–H and O–H groups in total. The summed E-state index contributed by atoms with van der Waals surface area (Å²) in [7, 11) is 3.83. The summed E-state index contributed by atoms with van der Waals surface area (Å²) in [6.07, 6.45) is 8.80. The average molecular weight is 466 g/mol. The molecule has 0 aliphatic carbocycles. The first-order valence-corrected chi connectivity index (χ1v) is 11.1. The van der Waals surface area contributed by atoms with E-state index in [1.165, 1.54) is 18.3 Å². The van der Waals surface area contributed by atoms with Crippen molar-refractivity contribution in [2.24, 2.45) is 0 Å². The lowest BCUT2D eigenvalue weighted by Gasteiger charge is -2.13. The molecule has 0 aliphatic heterocycles. The summed E-state index contributed by atoms with van der Waals surface area (Å²) in [5.74, 6) is 0.329. The van der Waals surface area contributed by atoms with E-state index >= 15 is 0 Å². The lowest BCUT2D eigenvalue weighted by atomic mass is 10.0. The monoisotopic (exact) mass is 465 g/mol. The van der Waals surface area contributed by atoms with E-state index in [1.807, 2.05) is 50.2 Å². The second kappa shape index (κ2) is 8.98. The van der Waals surface area contributed by atoms with Crippen LogP contribution in [0.4, 0.5) is 4.39 Å². The highest BCUT2D eigenvalue weighted by molar-refractivity contribution is 5.98. The van der Waals surface area contributed by atoms with E-state index in [0.717, 1.165) is 49.9 Å². The molecule has 0 atom stereocenters. The van der Waals surface area contributed by atoms with Crippen molar-refractivity contribution in [3.05, 3.63) is 84.1 Å². The number of imidazole rings is 1. The van der Waals surface area contributed by atoms with E-state index in [0.29, 0.717) is 11.5 Å². The Hall–Kier alpha value is -4.59. The maximum absolute atomic E-state index is 13.4. The smallest absolute Gasteiger partial charge is 0.159 e. The van der Waals surface area contributed by atoms with Gasteiger partial charge >= 0.3 is 0 Å². The predicted molar refractivity (Wildman–Crippen MR) is 139 cm³/mol. The number of fused-ring (bicyclic) bond motifs is 2. The van der Waals surface area contributed by atoms with Crippen molar-refractivity contribution < 1.29 is 4.39 Å². The predicted octanol–water partition coefficient (Wildman–Crippen LogP) is 5.81. The van der Waals surface area contributed by atoms with Gasteiger partial charge in [0.1, 0.15) is 11.5 Å². The van der Waals surface area contributed by atoms with Gasteiger partial charge in [0.25, 0.3) is 0 Å². The lowest BCUT2D eigenvalue weighted by Crippen LogP contribution is -2.11. The summed E-state index contributed by atoms with van der Waals surface area (Å²) in [6.45, 7) is 1.98. The summed E-state index contributed by atoms with van der Waals surface area (Å²) in [5, 5.41) is 16.3. The molecule has 3 heterocycles. The first-order chi connectivity index (χ1) is 17.0. The molecule has 5 rings (SSSR count). The van der Waals surface area contributed by atoms with Gasteiger partial charge in [0, 0.05) is 37.5 Å². The van der Waals surface area contributed by atoms with Crippen molar-refractivity contribution in [3.8, 4) is 22.6 Å². The van der Waals surface area contributed by atoms with Crippen molar-refractivity contribution in [3.63, 3.8) is 0 Å². The fraction of sp³-hybridized carbons (Fsp3) is 0.111. The number of H-pyrrole nitrogens is 2. The fourth-order valence-electron chi connectivity index (χ4n) is 4.05. The molecule has 35 heavy (non-hydrogen) atoms. The number of allylic oxidation sites excluding steroid dienone is 4. The molecule has 0 amide bonds. The highest BCUT2D eigenvalue weighted by atomic mass is 19.1. The molecule has 0 saturated carbocycles. The summed E-state index contributed by atoms with van der Waals surface area (Å²) in [4.78, 5) is 14.4. The van der Waals surface area contributed by atoms with Gasteiger partial charge in [-0.25, -0.2) is 9.37 Å². The van der Waals surface area contributed by atoms with Crippen molar-refractivity contribution in [1.29, 1.82) is 5.41 Å². The van der Waals surface area contributed by atoms with Crippen LogP contribution in [0.2, 0.25) is 0 Å². The molecule has 8 heteroatoms. The van der Waals surface area contributed by atoms with Crippen LogP contribution in [0.1, 0.15) is 12.5 Å². The van der Waals surface area contributed by atoms with Crippen molar-refractivity contribution in [2.45, 2.75) is 6.92 Å². The molecule has 5 aromatic rings. The van der Waals surface area contributed by atoms with E-state index < -0.39 is 0 Å². The van der Waals surface area contributed by atoms with Crippen molar-refractivity contribution >= 4 is 33.7 Å². The van der Waals surface area contributed by atoms with Gasteiger partial charge in [-0.15, -0.1) is 0 Å². The summed E-state index contributed by atoms with van der Waals surface area (Å²) >= 11 is 0. The van der Waals surface area contributed by atoms with Crippen molar-refractivity contribution in [1.82, 2.24) is 30.0 Å².